The average molecular weight is 304 g/mol. The maximum absolute atomic E-state index is 13.1. The maximum atomic E-state index is 13.1. The molecule has 7 heteroatoms. The van der Waals surface area contributed by atoms with Crippen molar-refractivity contribution in [3.63, 3.8) is 0 Å². The first-order valence-corrected chi connectivity index (χ1v) is 6.88. The zero-order valence-electron chi connectivity index (χ0n) is 9.86. The zero-order valence-corrected chi connectivity index (χ0v) is 10.7. The van der Waals surface area contributed by atoms with Crippen molar-refractivity contribution in [1.29, 1.82) is 0 Å². The lowest BCUT2D eigenvalue weighted by molar-refractivity contribution is -0.140. The van der Waals surface area contributed by atoms with E-state index in [1.54, 1.807) is 6.07 Å². The molecule has 0 aromatic heterocycles. The third-order valence-corrected chi connectivity index (χ3v) is 4.37. The van der Waals surface area contributed by atoms with Gasteiger partial charge in [0.15, 0.2) is 0 Å². The minimum absolute atomic E-state index is 0.153. The van der Waals surface area contributed by atoms with Crippen molar-refractivity contribution in [2.24, 2.45) is 0 Å². The maximum Gasteiger partial charge on any atom is 0.419 e. The Labute approximate surface area is 112 Å². The van der Waals surface area contributed by atoms with E-state index in [4.69, 9.17) is 0 Å². The fourth-order valence-electron chi connectivity index (χ4n) is 1.62. The van der Waals surface area contributed by atoms with E-state index >= 15 is 0 Å². The highest BCUT2D eigenvalue weighted by Gasteiger charge is 2.35. The molecule has 0 saturated heterocycles. The van der Waals surface area contributed by atoms with Crippen LogP contribution in [0.5, 0.6) is 0 Å². The molecule has 2 nitrogen and oxygen atoms in total. The molecule has 0 amide bonds. The van der Waals surface area contributed by atoms with Crippen LogP contribution in [0.3, 0.4) is 0 Å². The summed E-state index contributed by atoms with van der Waals surface area (Å²) >= 11 is 0. The molecule has 0 aliphatic heterocycles. The van der Waals surface area contributed by atoms with Crippen molar-refractivity contribution >= 4 is 9.84 Å². The quantitative estimate of drug-likeness (QED) is 0.626. The topological polar surface area (TPSA) is 34.1 Å². The first kappa shape index (κ1) is 14.5. The summed E-state index contributed by atoms with van der Waals surface area (Å²) < 4.78 is 75.2. The lowest BCUT2D eigenvalue weighted by atomic mass is 10.2. The number of halogens is 4. The Balaban J connectivity index is 2.60. The Morgan fingerprint density at radius 1 is 0.850 bits per heavy atom. The Hall–Kier alpha value is -1.89. The third-order valence-electron chi connectivity index (χ3n) is 2.61. The molecule has 2 rings (SSSR count). The van der Waals surface area contributed by atoms with Crippen molar-refractivity contribution in [3.8, 4) is 0 Å². The van der Waals surface area contributed by atoms with Crippen LogP contribution in [0, 0.1) is 5.82 Å². The Kier molecular flexibility index (Phi) is 3.56. The van der Waals surface area contributed by atoms with E-state index in [2.05, 4.69) is 0 Å². The van der Waals surface area contributed by atoms with Gasteiger partial charge in [-0.3, -0.25) is 0 Å². The number of rotatable bonds is 2. The van der Waals surface area contributed by atoms with E-state index in [1.165, 1.54) is 24.3 Å². The van der Waals surface area contributed by atoms with Gasteiger partial charge in [-0.2, -0.15) is 13.2 Å². The molecular formula is C13H8F4O2S. The summed E-state index contributed by atoms with van der Waals surface area (Å²) in [6, 6.07) is 8.59. The highest BCUT2D eigenvalue weighted by atomic mass is 32.2. The van der Waals surface area contributed by atoms with Crippen LogP contribution >= 0.6 is 0 Å². The first-order chi connectivity index (χ1) is 9.23. The van der Waals surface area contributed by atoms with Gasteiger partial charge in [-0.1, -0.05) is 18.2 Å². The molecular weight excluding hydrogens is 296 g/mol. The van der Waals surface area contributed by atoms with Gasteiger partial charge >= 0.3 is 6.18 Å². The summed E-state index contributed by atoms with van der Waals surface area (Å²) in [6.07, 6.45) is -4.95. The summed E-state index contributed by atoms with van der Waals surface area (Å²) in [5.41, 5.74) is -1.60. The highest BCUT2D eigenvalue weighted by molar-refractivity contribution is 7.91. The smallest absolute Gasteiger partial charge is 0.219 e. The predicted octanol–water partition coefficient (Wildman–Crippen LogP) is 3.68. The fourth-order valence-corrected chi connectivity index (χ4v) is 2.93. The number of hydrogen-bond donors (Lipinski definition) is 0. The fraction of sp³-hybridized carbons (Fsp3) is 0.0769. The molecule has 0 spiro atoms. The number of hydrogen-bond acceptors (Lipinski definition) is 2. The van der Waals surface area contributed by atoms with Crippen LogP contribution in [-0.2, 0) is 16.0 Å². The normalized spacial score (nSPS) is 12.4. The second-order valence-electron chi connectivity index (χ2n) is 3.96. The Morgan fingerprint density at radius 3 is 2.00 bits per heavy atom. The van der Waals surface area contributed by atoms with Crippen LogP contribution in [-0.4, -0.2) is 8.42 Å². The zero-order chi connectivity index (χ0) is 15.0. The van der Waals surface area contributed by atoms with Crippen LogP contribution in [0.1, 0.15) is 5.56 Å². The summed E-state index contributed by atoms with van der Waals surface area (Å²) in [7, 11) is -4.11. The summed E-state index contributed by atoms with van der Waals surface area (Å²) in [5, 5.41) is 0. The van der Waals surface area contributed by atoms with Gasteiger partial charge in [-0.15, -0.1) is 0 Å². The monoisotopic (exact) mass is 304 g/mol. The number of benzene rings is 2. The molecule has 2 aromatic rings. The van der Waals surface area contributed by atoms with Crippen LogP contribution in [0.2, 0.25) is 0 Å². The van der Waals surface area contributed by atoms with E-state index in [0.717, 1.165) is 6.07 Å². The second-order valence-corrected chi connectivity index (χ2v) is 5.91. The van der Waals surface area contributed by atoms with Gasteiger partial charge in [0.2, 0.25) is 9.84 Å². The molecule has 0 fully saturated rings. The predicted molar refractivity (Wildman–Crippen MR) is 63.3 cm³/mol. The molecule has 0 saturated carbocycles. The molecule has 20 heavy (non-hydrogen) atoms. The molecule has 106 valence electrons. The van der Waals surface area contributed by atoms with Gasteiger partial charge in [-0.25, -0.2) is 12.8 Å². The van der Waals surface area contributed by atoms with Crippen LogP contribution in [0.15, 0.2) is 58.3 Å². The Bertz CT molecular complexity index is 722. The Morgan fingerprint density at radius 2 is 1.45 bits per heavy atom. The van der Waals surface area contributed by atoms with Gasteiger partial charge in [-0.05, 0) is 30.3 Å². The van der Waals surface area contributed by atoms with Gasteiger partial charge in [0.05, 0.1) is 15.4 Å². The van der Waals surface area contributed by atoms with Crippen molar-refractivity contribution in [2.75, 3.05) is 0 Å². The molecule has 0 N–H and O–H groups in total. The van der Waals surface area contributed by atoms with Crippen molar-refractivity contribution in [3.05, 3.63) is 59.9 Å². The lowest BCUT2D eigenvalue weighted by Gasteiger charge is -2.10. The average Bonchev–Trinajstić information content (AvgIpc) is 2.38. The first-order valence-electron chi connectivity index (χ1n) is 5.40. The largest absolute Gasteiger partial charge is 0.419 e. The minimum atomic E-state index is -4.95. The molecule has 0 radical (unpaired) electrons. The lowest BCUT2D eigenvalue weighted by Crippen LogP contribution is -2.10. The summed E-state index contributed by atoms with van der Waals surface area (Å²) in [5.74, 6) is -1.51. The van der Waals surface area contributed by atoms with Gasteiger partial charge in [0, 0.05) is 0 Å². The number of alkyl halides is 3. The van der Waals surface area contributed by atoms with E-state index < -0.39 is 32.3 Å². The second kappa shape index (κ2) is 4.90. The van der Waals surface area contributed by atoms with Crippen molar-refractivity contribution in [2.45, 2.75) is 16.0 Å². The van der Waals surface area contributed by atoms with Crippen molar-refractivity contribution in [1.82, 2.24) is 0 Å². The van der Waals surface area contributed by atoms with Crippen LogP contribution in [0.25, 0.3) is 0 Å². The molecule has 0 aliphatic carbocycles. The third kappa shape index (κ3) is 2.67. The molecule has 0 heterocycles. The van der Waals surface area contributed by atoms with E-state index in [0.29, 0.717) is 12.1 Å². The number of sulfone groups is 1. The SMILES string of the molecule is O=S(=O)(c1ccccc1)c1ccc(F)c(C(F)(F)F)c1. The molecule has 0 aliphatic rings. The molecule has 2 aromatic carbocycles. The van der Waals surface area contributed by atoms with E-state index in [1.807, 2.05) is 0 Å². The van der Waals surface area contributed by atoms with Gasteiger partial charge in [0.25, 0.3) is 0 Å². The van der Waals surface area contributed by atoms with Crippen LogP contribution in [0.4, 0.5) is 17.6 Å². The van der Waals surface area contributed by atoms with E-state index in [-0.39, 0.29) is 4.90 Å². The highest BCUT2D eigenvalue weighted by Crippen LogP contribution is 2.33. The minimum Gasteiger partial charge on any atom is -0.219 e. The molecule has 0 atom stereocenters. The van der Waals surface area contributed by atoms with Gasteiger partial charge < -0.3 is 0 Å². The van der Waals surface area contributed by atoms with Gasteiger partial charge in [0.1, 0.15) is 5.82 Å². The summed E-state index contributed by atoms with van der Waals surface area (Å²) in [4.78, 5) is -0.753. The molecule has 0 unspecified atom stereocenters. The van der Waals surface area contributed by atoms with Crippen molar-refractivity contribution < 1.29 is 26.0 Å². The van der Waals surface area contributed by atoms with Crippen LogP contribution < -0.4 is 0 Å². The summed E-state index contributed by atoms with van der Waals surface area (Å²) in [6.45, 7) is 0. The van der Waals surface area contributed by atoms with E-state index in [9.17, 15) is 26.0 Å². The molecule has 0 bridgehead atoms. The standard InChI is InChI=1S/C13H8F4O2S/c14-12-7-6-10(8-11(12)13(15,16)17)20(18,19)9-4-2-1-3-5-9/h1-8H.